The normalized spacial score (nSPS) is 9.59. The Balaban J connectivity index is 2.06. The molecule has 0 aromatic carbocycles. The summed E-state index contributed by atoms with van der Waals surface area (Å²) in [7, 11) is 0. The minimum Gasteiger partial charge on any atom is -0.353 e. The van der Waals surface area contributed by atoms with E-state index in [1.165, 1.54) is 0 Å². The summed E-state index contributed by atoms with van der Waals surface area (Å²) in [5.41, 5.74) is 1.97. The molecule has 1 N–H and O–H groups in total. The summed E-state index contributed by atoms with van der Waals surface area (Å²) in [6, 6.07) is 5.86. The third-order valence-corrected chi connectivity index (χ3v) is 2.19. The van der Waals surface area contributed by atoms with Crippen LogP contribution in [0.5, 0.6) is 0 Å². The number of nitrogens with one attached hydrogen (secondary N) is 1. The minimum atomic E-state index is 0.440. The second-order valence-corrected chi connectivity index (χ2v) is 3.37. The molecule has 0 atom stereocenters. The Morgan fingerprint density at radius 1 is 1.12 bits per heavy atom. The number of pyridine rings is 1. The van der Waals surface area contributed by atoms with E-state index < -0.39 is 0 Å². The molecule has 5 heteroatoms. The fourth-order valence-corrected chi connectivity index (χ4v) is 1.34. The maximum Gasteiger partial charge on any atom is 0.222 e. The van der Waals surface area contributed by atoms with Gasteiger partial charge in [0.1, 0.15) is 0 Å². The first-order valence-electron chi connectivity index (χ1n) is 5.23. The molecule has 0 spiro atoms. The van der Waals surface area contributed by atoms with Crippen molar-refractivity contribution in [3.05, 3.63) is 36.9 Å². The van der Waals surface area contributed by atoms with Crippen LogP contribution < -0.4 is 5.32 Å². The van der Waals surface area contributed by atoms with Gasteiger partial charge in [-0.05, 0) is 17.7 Å². The average molecular weight is 225 g/mol. The van der Waals surface area contributed by atoms with Gasteiger partial charge in [0.25, 0.3) is 0 Å². The second-order valence-electron chi connectivity index (χ2n) is 3.37. The molecule has 2 heterocycles. The molecular weight excluding hydrogens is 214 g/mol. The number of aromatic nitrogens is 3. The average Bonchev–Trinajstić information content (AvgIpc) is 2.41. The molecular formula is C12H11N5. The van der Waals surface area contributed by atoms with Gasteiger partial charge < -0.3 is 5.32 Å². The monoisotopic (exact) mass is 225 g/mol. The molecule has 0 amide bonds. The van der Waals surface area contributed by atoms with Crippen molar-refractivity contribution in [1.29, 1.82) is 5.26 Å². The van der Waals surface area contributed by atoms with E-state index >= 15 is 0 Å². The molecule has 0 fully saturated rings. The molecule has 0 aliphatic heterocycles. The predicted octanol–water partition coefficient (Wildman–Crippen LogP) is 1.86. The van der Waals surface area contributed by atoms with E-state index in [-0.39, 0.29) is 0 Å². The van der Waals surface area contributed by atoms with Gasteiger partial charge in [-0.1, -0.05) is 0 Å². The van der Waals surface area contributed by atoms with Crippen LogP contribution >= 0.6 is 0 Å². The SMILES string of the molecule is N#CCCNc1ncc(-c2ccncc2)cn1. The van der Waals surface area contributed by atoms with Crippen molar-refractivity contribution in [2.45, 2.75) is 6.42 Å². The summed E-state index contributed by atoms with van der Waals surface area (Å²) in [4.78, 5) is 12.3. The summed E-state index contributed by atoms with van der Waals surface area (Å²) in [5, 5.41) is 11.4. The molecule has 84 valence electrons. The van der Waals surface area contributed by atoms with Crippen molar-refractivity contribution < 1.29 is 0 Å². The van der Waals surface area contributed by atoms with Crippen LogP contribution in [0.15, 0.2) is 36.9 Å². The van der Waals surface area contributed by atoms with E-state index in [1.807, 2.05) is 12.1 Å². The summed E-state index contributed by atoms with van der Waals surface area (Å²) in [6.45, 7) is 0.561. The smallest absolute Gasteiger partial charge is 0.222 e. The van der Waals surface area contributed by atoms with Gasteiger partial charge in [0.05, 0.1) is 12.5 Å². The van der Waals surface area contributed by atoms with Crippen LogP contribution in [0.1, 0.15) is 6.42 Å². The van der Waals surface area contributed by atoms with Crippen LogP contribution in [0.3, 0.4) is 0 Å². The highest BCUT2D eigenvalue weighted by Crippen LogP contribution is 2.16. The van der Waals surface area contributed by atoms with Gasteiger partial charge in [0, 0.05) is 36.9 Å². The van der Waals surface area contributed by atoms with Gasteiger partial charge in [-0.25, -0.2) is 9.97 Å². The molecule has 0 saturated heterocycles. The third-order valence-electron chi connectivity index (χ3n) is 2.19. The number of rotatable bonds is 4. The maximum absolute atomic E-state index is 8.40. The van der Waals surface area contributed by atoms with Gasteiger partial charge >= 0.3 is 0 Å². The largest absolute Gasteiger partial charge is 0.353 e. The number of nitriles is 1. The van der Waals surface area contributed by atoms with Crippen molar-refractivity contribution in [1.82, 2.24) is 15.0 Å². The zero-order chi connectivity index (χ0) is 11.9. The molecule has 2 aromatic rings. The highest BCUT2D eigenvalue weighted by molar-refractivity contribution is 5.61. The van der Waals surface area contributed by atoms with Crippen molar-refractivity contribution in [2.24, 2.45) is 0 Å². The van der Waals surface area contributed by atoms with Gasteiger partial charge in [-0.15, -0.1) is 0 Å². The highest BCUT2D eigenvalue weighted by atomic mass is 15.1. The lowest BCUT2D eigenvalue weighted by molar-refractivity contribution is 1.02. The molecule has 0 aliphatic carbocycles. The Hall–Kier alpha value is -2.48. The first-order chi connectivity index (χ1) is 8.40. The van der Waals surface area contributed by atoms with Crippen molar-refractivity contribution in [3.63, 3.8) is 0 Å². The molecule has 2 rings (SSSR count). The number of hydrogen-bond donors (Lipinski definition) is 1. The zero-order valence-electron chi connectivity index (χ0n) is 9.17. The molecule has 17 heavy (non-hydrogen) atoms. The molecule has 2 aromatic heterocycles. The second kappa shape index (κ2) is 5.56. The van der Waals surface area contributed by atoms with Crippen molar-refractivity contribution in [2.75, 3.05) is 11.9 Å². The summed E-state index contributed by atoms with van der Waals surface area (Å²) >= 11 is 0. The Labute approximate surface area is 99.2 Å². The van der Waals surface area contributed by atoms with Gasteiger partial charge in [-0.2, -0.15) is 5.26 Å². The standard InChI is InChI=1S/C12H11N5/c13-4-1-5-15-12-16-8-11(9-17-12)10-2-6-14-7-3-10/h2-3,6-9H,1,5H2,(H,15,16,17). The summed E-state index contributed by atoms with van der Waals surface area (Å²) < 4.78 is 0. The lowest BCUT2D eigenvalue weighted by atomic mass is 10.1. The number of nitrogens with zero attached hydrogens (tertiary/aromatic N) is 4. The van der Waals surface area contributed by atoms with Crippen LogP contribution in [-0.4, -0.2) is 21.5 Å². The maximum atomic E-state index is 8.40. The van der Waals surface area contributed by atoms with Gasteiger partial charge in [0.15, 0.2) is 0 Å². The van der Waals surface area contributed by atoms with E-state index in [1.54, 1.807) is 24.8 Å². The van der Waals surface area contributed by atoms with Gasteiger partial charge in [-0.3, -0.25) is 4.98 Å². The van der Waals surface area contributed by atoms with Crippen LogP contribution in [0.25, 0.3) is 11.1 Å². The Kier molecular flexibility index (Phi) is 3.61. The summed E-state index contributed by atoms with van der Waals surface area (Å²) in [6.07, 6.45) is 7.40. The van der Waals surface area contributed by atoms with Crippen molar-refractivity contribution >= 4 is 5.95 Å². The van der Waals surface area contributed by atoms with E-state index in [0.717, 1.165) is 11.1 Å². The van der Waals surface area contributed by atoms with Crippen LogP contribution in [0, 0.1) is 11.3 Å². The van der Waals surface area contributed by atoms with Crippen molar-refractivity contribution in [3.8, 4) is 17.2 Å². The lowest BCUT2D eigenvalue weighted by Crippen LogP contribution is -2.04. The Bertz CT molecular complexity index is 501. The minimum absolute atomic E-state index is 0.440. The molecule has 0 aliphatic rings. The van der Waals surface area contributed by atoms with E-state index in [0.29, 0.717) is 18.9 Å². The Morgan fingerprint density at radius 3 is 2.47 bits per heavy atom. The first kappa shape index (κ1) is 11.0. The van der Waals surface area contributed by atoms with E-state index in [2.05, 4.69) is 26.3 Å². The predicted molar refractivity (Wildman–Crippen MR) is 64.0 cm³/mol. The highest BCUT2D eigenvalue weighted by Gasteiger charge is 1.99. The number of anilines is 1. The number of hydrogen-bond acceptors (Lipinski definition) is 5. The van der Waals surface area contributed by atoms with Crippen LogP contribution in [-0.2, 0) is 0 Å². The zero-order valence-corrected chi connectivity index (χ0v) is 9.17. The topological polar surface area (TPSA) is 74.5 Å². The van der Waals surface area contributed by atoms with E-state index in [4.69, 9.17) is 5.26 Å². The third kappa shape index (κ3) is 2.98. The van der Waals surface area contributed by atoms with Gasteiger partial charge in [0.2, 0.25) is 5.95 Å². The van der Waals surface area contributed by atoms with Crippen LogP contribution in [0.2, 0.25) is 0 Å². The molecule has 0 radical (unpaired) electrons. The Morgan fingerprint density at radius 2 is 1.82 bits per heavy atom. The first-order valence-corrected chi connectivity index (χ1v) is 5.23. The lowest BCUT2D eigenvalue weighted by Gasteiger charge is -2.03. The fourth-order valence-electron chi connectivity index (χ4n) is 1.34. The molecule has 0 saturated carbocycles. The molecule has 5 nitrogen and oxygen atoms in total. The molecule has 0 bridgehead atoms. The van der Waals surface area contributed by atoms with E-state index in [9.17, 15) is 0 Å². The quantitative estimate of drug-likeness (QED) is 0.804. The van der Waals surface area contributed by atoms with Crippen LogP contribution in [0.4, 0.5) is 5.95 Å². The molecule has 0 unspecified atom stereocenters. The summed E-state index contributed by atoms with van der Waals surface area (Å²) in [5.74, 6) is 0.540. The fraction of sp³-hybridized carbons (Fsp3) is 0.167.